The first-order valence-corrected chi connectivity index (χ1v) is 6.80. The molecular formula is C15H15N3O3. The molecule has 1 N–H and O–H groups in total. The third-order valence-corrected chi connectivity index (χ3v) is 3.64. The van der Waals surface area contributed by atoms with Gasteiger partial charge in [0.2, 0.25) is 5.91 Å². The van der Waals surface area contributed by atoms with Crippen LogP contribution in [0.4, 0.5) is 5.69 Å². The molecule has 1 aromatic carbocycles. The molecule has 0 saturated carbocycles. The highest BCUT2D eigenvalue weighted by Gasteiger charge is 2.25. The van der Waals surface area contributed by atoms with Crippen molar-refractivity contribution in [1.29, 1.82) is 0 Å². The first kappa shape index (κ1) is 13.4. The number of carboxylic acids is 1. The van der Waals surface area contributed by atoms with Crippen molar-refractivity contribution >= 4 is 17.6 Å². The molecule has 0 bridgehead atoms. The van der Waals surface area contributed by atoms with Crippen LogP contribution in [0.5, 0.6) is 0 Å². The van der Waals surface area contributed by atoms with Gasteiger partial charge in [0.1, 0.15) is 6.54 Å². The van der Waals surface area contributed by atoms with E-state index in [0.29, 0.717) is 18.7 Å². The Morgan fingerprint density at radius 1 is 1.29 bits per heavy atom. The van der Waals surface area contributed by atoms with Crippen molar-refractivity contribution in [1.82, 2.24) is 9.78 Å². The lowest BCUT2D eigenvalue weighted by atomic mass is 9.96. The number of carbonyl (C=O) groups is 2. The molecule has 108 valence electrons. The maximum Gasteiger partial charge on any atom is 0.336 e. The number of benzene rings is 1. The predicted molar refractivity (Wildman–Crippen MR) is 76.3 cm³/mol. The molecule has 2 heterocycles. The maximum atomic E-state index is 12.4. The molecule has 3 rings (SSSR count). The fraction of sp³-hybridized carbons (Fsp3) is 0.267. The zero-order chi connectivity index (χ0) is 14.8. The van der Waals surface area contributed by atoms with Crippen molar-refractivity contribution in [3.8, 4) is 0 Å². The van der Waals surface area contributed by atoms with E-state index in [-0.39, 0.29) is 18.0 Å². The second-order valence-corrected chi connectivity index (χ2v) is 4.96. The van der Waals surface area contributed by atoms with Crippen LogP contribution >= 0.6 is 0 Å². The Kier molecular flexibility index (Phi) is 3.43. The summed E-state index contributed by atoms with van der Waals surface area (Å²) in [5.41, 5.74) is 1.73. The Balaban J connectivity index is 1.92. The van der Waals surface area contributed by atoms with E-state index in [1.807, 2.05) is 6.07 Å². The SMILES string of the molecule is O=C(O)c1cccc2c1CCCN2C(=O)Cn1cccn1. The Hall–Kier alpha value is -2.63. The molecule has 1 aliphatic heterocycles. The fourth-order valence-electron chi connectivity index (χ4n) is 2.70. The van der Waals surface area contributed by atoms with Crippen LogP contribution in [0.25, 0.3) is 0 Å². The number of fused-ring (bicyclic) bond motifs is 1. The molecule has 0 fully saturated rings. The second-order valence-electron chi connectivity index (χ2n) is 4.96. The minimum Gasteiger partial charge on any atom is -0.478 e. The largest absolute Gasteiger partial charge is 0.478 e. The normalized spacial score (nSPS) is 13.8. The van der Waals surface area contributed by atoms with Gasteiger partial charge in [-0.25, -0.2) is 4.79 Å². The molecule has 1 amide bonds. The van der Waals surface area contributed by atoms with Crippen LogP contribution in [0, 0.1) is 0 Å². The molecule has 6 heteroatoms. The summed E-state index contributed by atoms with van der Waals surface area (Å²) in [7, 11) is 0. The molecular weight excluding hydrogens is 270 g/mol. The number of aromatic nitrogens is 2. The van der Waals surface area contributed by atoms with Gasteiger partial charge in [-0.3, -0.25) is 9.48 Å². The van der Waals surface area contributed by atoms with E-state index in [0.717, 1.165) is 12.0 Å². The molecule has 0 saturated heterocycles. The molecule has 0 radical (unpaired) electrons. The lowest BCUT2D eigenvalue weighted by Crippen LogP contribution is -2.38. The molecule has 0 aliphatic carbocycles. The van der Waals surface area contributed by atoms with Gasteiger partial charge in [0.25, 0.3) is 0 Å². The third-order valence-electron chi connectivity index (χ3n) is 3.64. The molecule has 0 unspecified atom stereocenters. The number of rotatable bonds is 3. The standard InChI is InChI=1S/C15H15N3O3/c19-14(10-17-8-3-7-16-17)18-9-2-5-11-12(15(20)21)4-1-6-13(11)18/h1,3-4,6-8H,2,5,9-10H2,(H,20,21). The second kappa shape index (κ2) is 5.40. The number of hydrogen-bond acceptors (Lipinski definition) is 3. The highest BCUT2D eigenvalue weighted by atomic mass is 16.4. The first-order chi connectivity index (χ1) is 10.2. The zero-order valence-electron chi connectivity index (χ0n) is 11.4. The number of hydrogen-bond donors (Lipinski definition) is 1. The summed E-state index contributed by atoms with van der Waals surface area (Å²) in [4.78, 5) is 25.4. The summed E-state index contributed by atoms with van der Waals surface area (Å²) in [6, 6.07) is 6.84. The van der Waals surface area contributed by atoms with Crippen molar-refractivity contribution in [2.45, 2.75) is 19.4 Å². The maximum absolute atomic E-state index is 12.4. The fourth-order valence-corrected chi connectivity index (χ4v) is 2.70. The van der Waals surface area contributed by atoms with Crippen molar-refractivity contribution in [2.75, 3.05) is 11.4 Å². The van der Waals surface area contributed by atoms with Gasteiger partial charge in [-0.1, -0.05) is 6.07 Å². The van der Waals surface area contributed by atoms with E-state index < -0.39 is 5.97 Å². The minimum atomic E-state index is -0.951. The van der Waals surface area contributed by atoms with Gasteiger partial charge in [0.15, 0.2) is 0 Å². The average molecular weight is 285 g/mol. The summed E-state index contributed by atoms with van der Waals surface area (Å²) in [5.74, 6) is -1.03. The van der Waals surface area contributed by atoms with Crippen molar-refractivity contribution in [3.63, 3.8) is 0 Å². The molecule has 2 aromatic rings. The van der Waals surface area contributed by atoms with Crippen LogP contribution in [0.15, 0.2) is 36.7 Å². The van der Waals surface area contributed by atoms with Gasteiger partial charge in [-0.2, -0.15) is 5.10 Å². The van der Waals surface area contributed by atoms with Crippen LogP contribution in [0.2, 0.25) is 0 Å². The quantitative estimate of drug-likeness (QED) is 0.928. The Labute approximate surface area is 121 Å². The lowest BCUT2D eigenvalue weighted by Gasteiger charge is -2.30. The Morgan fingerprint density at radius 3 is 2.86 bits per heavy atom. The topological polar surface area (TPSA) is 75.4 Å². The van der Waals surface area contributed by atoms with Crippen LogP contribution in [-0.2, 0) is 17.8 Å². The molecule has 21 heavy (non-hydrogen) atoms. The Morgan fingerprint density at radius 2 is 2.14 bits per heavy atom. The summed E-state index contributed by atoms with van der Waals surface area (Å²) < 4.78 is 1.57. The number of carboxylic acid groups (broad SMARTS) is 1. The summed E-state index contributed by atoms with van der Waals surface area (Å²) >= 11 is 0. The predicted octanol–water partition coefficient (Wildman–Crippen LogP) is 1.56. The van der Waals surface area contributed by atoms with Gasteiger partial charge in [0.05, 0.1) is 5.56 Å². The monoisotopic (exact) mass is 285 g/mol. The summed E-state index contributed by atoms with van der Waals surface area (Å²) in [6.07, 6.45) is 4.81. The summed E-state index contributed by atoms with van der Waals surface area (Å²) in [5, 5.41) is 13.3. The highest BCUT2D eigenvalue weighted by Crippen LogP contribution is 2.30. The number of nitrogens with zero attached hydrogens (tertiary/aromatic N) is 3. The van der Waals surface area contributed by atoms with Crippen LogP contribution in [0.3, 0.4) is 0 Å². The Bertz CT molecular complexity index is 679. The molecule has 0 atom stereocenters. The van der Waals surface area contributed by atoms with E-state index in [1.165, 1.54) is 0 Å². The van der Waals surface area contributed by atoms with Gasteiger partial charge < -0.3 is 10.0 Å². The van der Waals surface area contributed by atoms with E-state index >= 15 is 0 Å². The van der Waals surface area contributed by atoms with E-state index in [9.17, 15) is 14.7 Å². The smallest absolute Gasteiger partial charge is 0.336 e. The number of amides is 1. The molecule has 1 aliphatic rings. The first-order valence-electron chi connectivity index (χ1n) is 6.80. The van der Waals surface area contributed by atoms with E-state index in [1.54, 1.807) is 40.2 Å². The molecule has 6 nitrogen and oxygen atoms in total. The van der Waals surface area contributed by atoms with Gasteiger partial charge in [-0.15, -0.1) is 0 Å². The van der Waals surface area contributed by atoms with E-state index in [2.05, 4.69) is 5.10 Å². The number of aromatic carboxylic acids is 1. The number of carbonyl (C=O) groups excluding carboxylic acids is 1. The van der Waals surface area contributed by atoms with Gasteiger partial charge in [0, 0.05) is 24.6 Å². The van der Waals surface area contributed by atoms with Crippen molar-refractivity contribution in [2.24, 2.45) is 0 Å². The van der Waals surface area contributed by atoms with Gasteiger partial charge >= 0.3 is 5.97 Å². The van der Waals surface area contributed by atoms with Crippen LogP contribution < -0.4 is 4.90 Å². The van der Waals surface area contributed by atoms with Gasteiger partial charge in [-0.05, 0) is 36.6 Å². The summed E-state index contributed by atoms with van der Waals surface area (Å²) in [6.45, 7) is 0.764. The third kappa shape index (κ3) is 2.52. The van der Waals surface area contributed by atoms with Crippen molar-refractivity contribution < 1.29 is 14.7 Å². The highest BCUT2D eigenvalue weighted by molar-refractivity contribution is 5.98. The van der Waals surface area contributed by atoms with E-state index in [4.69, 9.17) is 0 Å². The minimum absolute atomic E-state index is 0.0813. The van der Waals surface area contributed by atoms with Crippen LogP contribution in [-0.4, -0.2) is 33.3 Å². The molecule has 1 aromatic heterocycles. The molecule has 0 spiro atoms. The number of anilines is 1. The van der Waals surface area contributed by atoms with Crippen LogP contribution in [0.1, 0.15) is 22.3 Å². The van der Waals surface area contributed by atoms with Crippen molar-refractivity contribution in [3.05, 3.63) is 47.8 Å². The average Bonchev–Trinajstić information content (AvgIpc) is 2.98. The zero-order valence-corrected chi connectivity index (χ0v) is 11.4. The lowest BCUT2D eigenvalue weighted by molar-refractivity contribution is -0.119.